The molecule has 0 heterocycles. The van der Waals surface area contributed by atoms with Crippen LogP contribution < -0.4 is 4.72 Å². The van der Waals surface area contributed by atoms with E-state index in [9.17, 15) is 8.42 Å². The van der Waals surface area contributed by atoms with Gasteiger partial charge in [0.05, 0.1) is 11.5 Å². The van der Waals surface area contributed by atoms with Crippen LogP contribution in [0.3, 0.4) is 0 Å². The van der Waals surface area contributed by atoms with Crippen LogP contribution in [0.5, 0.6) is 0 Å². The molecule has 0 amide bonds. The highest BCUT2D eigenvalue weighted by Crippen LogP contribution is 2.18. The SMILES string of the molecule is CCC(CO)NS(=O)(=O)c1cccc(C(C)C)c1. The van der Waals surface area contributed by atoms with E-state index in [0.29, 0.717) is 6.42 Å². The van der Waals surface area contributed by atoms with Crippen LogP contribution in [-0.4, -0.2) is 26.2 Å². The Balaban J connectivity index is 3.01. The molecule has 0 aliphatic rings. The van der Waals surface area contributed by atoms with E-state index in [1.807, 2.05) is 26.8 Å². The Bertz CT molecular complexity index is 479. The maximum atomic E-state index is 12.1. The van der Waals surface area contributed by atoms with Gasteiger partial charge in [0.2, 0.25) is 10.0 Å². The van der Waals surface area contributed by atoms with Gasteiger partial charge in [-0.1, -0.05) is 32.9 Å². The number of sulfonamides is 1. The van der Waals surface area contributed by atoms with Gasteiger partial charge in [0.25, 0.3) is 0 Å². The molecule has 1 unspecified atom stereocenters. The summed E-state index contributed by atoms with van der Waals surface area (Å²) in [5.74, 6) is 0.278. The second kappa shape index (κ2) is 6.31. The second-order valence-corrected chi connectivity index (χ2v) is 6.35. The van der Waals surface area contributed by atoms with Crippen molar-refractivity contribution < 1.29 is 13.5 Å². The number of hydrogen-bond acceptors (Lipinski definition) is 3. The summed E-state index contributed by atoms with van der Waals surface area (Å²) >= 11 is 0. The fourth-order valence-corrected chi connectivity index (χ4v) is 2.94. The molecule has 0 aliphatic carbocycles. The molecule has 0 bridgehead atoms. The van der Waals surface area contributed by atoms with Crippen molar-refractivity contribution in [1.29, 1.82) is 0 Å². The molecule has 1 aromatic rings. The monoisotopic (exact) mass is 271 g/mol. The van der Waals surface area contributed by atoms with Crippen LogP contribution in [0.4, 0.5) is 0 Å². The van der Waals surface area contributed by atoms with Crippen molar-refractivity contribution in [3.05, 3.63) is 29.8 Å². The highest BCUT2D eigenvalue weighted by Gasteiger charge is 2.18. The molecule has 0 spiro atoms. The summed E-state index contributed by atoms with van der Waals surface area (Å²) in [7, 11) is -3.55. The molecule has 0 radical (unpaired) electrons. The number of hydrogen-bond donors (Lipinski definition) is 2. The minimum atomic E-state index is -3.55. The third-order valence-electron chi connectivity index (χ3n) is 2.87. The highest BCUT2D eigenvalue weighted by atomic mass is 32.2. The van der Waals surface area contributed by atoms with Crippen molar-refractivity contribution in [2.24, 2.45) is 0 Å². The van der Waals surface area contributed by atoms with E-state index in [4.69, 9.17) is 5.11 Å². The summed E-state index contributed by atoms with van der Waals surface area (Å²) < 4.78 is 26.7. The lowest BCUT2D eigenvalue weighted by Gasteiger charge is -2.15. The Kier molecular flexibility index (Phi) is 5.31. The van der Waals surface area contributed by atoms with E-state index in [1.54, 1.807) is 18.2 Å². The van der Waals surface area contributed by atoms with E-state index >= 15 is 0 Å². The summed E-state index contributed by atoms with van der Waals surface area (Å²) in [6, 6.07) is 6.46. The molecule has 102 valence electrons. The lowest BCUT2D eigenvalue weighted by Crippen LogP contribution is -2.36. The molecular formula is C13H21NO3S. The molecule has 0 saturated heterocycles. The number of benzene rings is 1. The van der Waals surface area contributed by atoms with Crippen LogP contribution in [0.15, 0.2) is 29.2 Å². The molecule has 0 aliphatic heterocycles. The van der Waals surface area contributed by atoms with Gasteiger partial charge in [0.15, 0.2) is 0 Å². The topological polar surface area (TPSA) is 66.4 Å². The largest absolute Gasteiger partial charge is 0.395 e. The zero-order chi connectivity index (χ0) is 13.8. The van der Waals surface area contributed by atoms with Crippen LogP contribution in [-0.2, 0) is 10.0 Å². The van der Waals surface area contributed by atoms with Crippen molar-refractivity contribution in [3.63, 3.8) is 0 Å². The van der Waals surface area contributed by atoms with Gasteiger partial charge in [-0.05, 0) is 30.0 Å². The quantitative estimate of drug-likeness (QED) is 0.830. The highest BCUT2D eigenvalue weighted by molar-refractivity contribution is 7.89. The molecule has 18 heavy (non-hydrogen) atoms. The first-order chi connectivity index (χ1) is 8.40. The van der Waals surface area contributed by atoms with E-state index in [1.165, 1.54) is 0 Å². The van der Waals surface area contributed by atoms with Crippen molar-refractivity contribution in [1.82, 2.24) is 4.72 Å². The van der Waals surface area contributed by atoms with Gasteiger partial charge >= 0.3 is 0 Å². The fourth-order valence-electron chi connectivity index (χ4n) is 1.58. The summed E-state index contributed by atoms with van der Waals surface area (Å²) in [4.78, 5) is 0.251. The predicted octanol–water partition coefficient (Wildman–Crippen LogP) is 1.86. The van der Waals surface area contributed by atoms with Gasteiger partial charge in [-0.15, -0.1) is 0 Å². The minimum absolute atomic E-state index is 0.195. The van der Waals surface area contributed by atoms with Crippen LogP contribution in [0.2, 0.25) is 0 Å². The van der Waals surface area contributed by atoms with E-state index in [0.717, 1.165) is 5.56 Å². The van der Waals surface area contributed by atoms with E-state index < -0.39 is 16.1 Å². The maximum absolute atomic E-state index is 12.1. The van der Waals surface area contributed by atoms with Crippen molar-refractivity contribution >= 4 is 10.0 Å². The van der Waals surface area contributed by atoms with Crippen LogP contribution in [0.1, 0.15) is 38.7 Å². The van der Waals surface area contributed by atoms with Crippen LogP contribution in [0.25, 0.3) is 0 Å². The molecule has 0 saturated carbocycles. The molecule has 5 heteroatoms. The standard InChI is InChI=1S/C13H21NO3S/c1-4-12(9-15)14-18(16,17)13-7-5-6-11(8-13)10(2)3/h5-8,10,12,14-15H,4,9H2,1-3H3. The fraction of sp³-hybridized carbons (Fsp3) is 0.538. The van der Waals surface area contributed by atoms with Crippen molar-refractivity contribution in [2.75, 3.05) is 6.61 Å². The summed E-state index contributed by atoms with van der Waals surface area (Å²) in [6.07, 6.45) is 0.555. The zero-order valence-electron chi connectivity index (χ0n) is 11.1. The maximum Gasteiger partial charge on any atom is 0.240 e. The third-order valence-corrected chi connectivity index (χ3v) is 4.39. The molecule has 2 N–H and O–H groups in total. The molecule has 1 rings (SSSR count). The first-order valence-electron chi connectivity index (χ1n) is 6.13. The average molecular weight is 271 g/mol. The van der Waals surface area contributed by atoms with Gasteiger partial charge < -0.3 is 5.11 Å². The second-order valence-electron chi connectivity index (χ2n) is 4.64. The Morgan fingerprint density at radius 3 is 2.50 bits per heavy atom. The van der Waals surface area contributed by atoms with E-state index in [2.05, 4.69) is 4.72 Å². The zero-order valence-corrected chi connectivity index (χ0v) is 11.9. The average Bonchev–Trinajstić information content (AvgIpc) is 2.36. The first-order valence-corrected chi connectivity index (χ1v) is 7.62. The first kappa shape index (κ1) is 15.1. The van der Waals surface area contributed by atoms with E-state index in [-0.39, 0.29) is 17.4 Å². The third kappa shape index (κ3) is 3.80. The Morgan fingerprint density at radius 1 is 1.33 bits per heavy atom. The van der Waals surface area contributed by atoms with Gasteiger partial charge in [0.1, 0.15) is 0 Å². The van der Waals surface area contributed by atoms with Crippen LogP contribution in [0, 0.1) is 0 Å². The molecule has 0 fully saturated rings. The number of aliphatic hydroxyl groups excluding tert-OH is 1. The van der Waals surface area contributed by atoms with Gasteiger partial charge in [-0.3, -0.25) is 0 Å². The van der Waals surface area contributed by atoms with Crippen molar-refractivity contribution in [3.8, 4) is 0 Å². The Hall–Kier alpha value is -0.910. The summed E-state index contributed by atoms with van der Waals surface area (Å²) in [6.45, 7) is 5.66. The van der Waals surface area contributed by atoms with Crippen LogP contribution >= 0.6 is 0 Å². The Labute approximate surface area is 109 Å². The normalized spacial score (nSPS) is 13.8. The van der Waals surface area contributed by atoms with Gasteiger partial charge in [-0.2, -0.15) is 0 Å². The summed E-state index contributed by atoms with van der Waals surface area (Å²) in [5, 5.41) is 9.05. The van der Waals surface area contributed by atoms with Gasteiger partial charge in [-0.25, -0.2) is 13.1 Å². The molecule has 4 nitrogen and oxygen atoms in total. The number of nitrogens with one attached hydrogen (secondary N) is 1. The number of aliphatic hydroxyl groups is 1. The minimum Gasteiger partial charge on any atom is -0.395 e. The molecule has 1 atom stereocenters. The molecule has 0 aromatic heterocycles. The Morgan fingerprint density at radius 2 is 2.00 bits per heavy atom. The van der Waals surface area contributed by atoms with Crippen molar-refractivity contribution in [2.45, 2.75) is 44.0 Å². The molecular weight excluding hydrogens is 250 g/mol. The molecule has 1 aromatic carbocycles. The number of rotatable bonds is 6. The lowest BCUT2D eigenvalue weighted by atomic mass is 10.0. The lowest BCUT2D eigenvalue weighted by molar-refractivity contribution is 0.254. The van der Waals surface area contributed by atoms with Gasteiger partial charge in [0, 0.05) is 6.04 Å². The predicted molar refractivity (Wildman–Crippen MR) is 72.0 cm³/mol. The smallest absolute Gasteiger partial charge is 0.240 e. The summed E-state index contributed by atoms with van der Waals surface area (Å²) in [5.41, 5.74) is 0.981.